The Hall–Kier alpha value is -0.530. The summed E-state index contributed by atoms with van der Waals surface area (Å²) in [6.45, 7) is 6.41. The van der Waals surface area contributed by atoms with Crippen LogP contribution in [0, 0.1) is 28.6 Å². The zero-order valence-corrected chi connectivity index (χ0v) is 11.3. The van der Waals surface area contributed by atoms with E-state index in [1.165, 1.54) is 38.5 Å². The highest BCUT2D eigenvalue weighted by Gasteiger charge is 2.53. The molecule has 17 heavy (non-hydrogen) atoms. The van der Waals surface area contributed by atoms with E-state index in [1.807, 2.05) is 0 Å². The minimum atomic E-state index is 0.292. The number of hydrogen-bond donors (Lipinski definition) is 1. The van der Waals surface area contributed by atoms with Gasteiger partial charge < -0.3 is 4.90 Å². The molecule has 4 rings (SSSR count). The van der Waals surface area contributed by atoms with Crippen molar-refractivity contribution in [3.63, 3.8) is 0 Å². The average Bonchev–Trinajstić information content (AvgIpc) is 2.28. The molecule has 96 valence electrons. The van der Waals surface area contributed by atoms with E-state index in [9.17, 15) is 0 Å². The van der Waals surface area contributed by atoms with Crippen LogP contribution < -0.4 is 0 Å². The number of rotatable bonds is 3. The van der Waals surface area contributed by atoms with Gasteiger partial charge in [0.05, 0.1) is 0 Å². The molecule has 2 heteroatoms. The van der Waals surface area contributed by atoms with Gasteiger partial charge in [-0.3, -0.25) is 5.41 Å². The van der Waals surface area contributed by atoms with Gasteiger partial charge in [0, 0.05) is 18.5 Å². The van der Waals surface area contributed by atoms with Gasteiger partial charge in [0.2, 0.25) is 0 Å². The highest BCUT2D eigenvalue weighted by Crippen LogP contribution is 2.60. The zero-order chi connectivity index (χ0) is 12.0. The molecule has 4 fully saturated rings. The van der Waals surface area contributed by atoms with Crippen molar-refractivity contribution < 1.29 is 0 Å². The van der Waals surface area contributed by atoms with Crippen LogP contribution in [0.25, 0.3) is 0 Å². The number of nitrogens with zero attached hydrogens (tertiary/aromatic N) is 1. The van der Waals surface area contributed by atoms with Crippen molar-refractivity contribution in [2.75, 3.05) is 13.1 Å². The Kier molecular flexibility index (Phi) is 2.72. The molecular weight excluding hydrogens is 208 g/mol. The Morgan fingerprint density at radius 2 is 1.41 bits per heavy atom. The molecule has 0 amide bonds. The number of nitrogens with one attached hydrogen (secondary N) is 1. The molecule has 0 radical (unpaired) electrons. The molecular formula is C15H26N2. The fourth-order valence-electron chi connectivity index (χ4n) is 5.28. The second-order valence-electron chi connectivity index (χ2n) is 6.72. The van der Waals surface area contributed by atoms with Crippen molar-refractivity contribution in [1.29, 1.82) is 5.41 Å². The summed E-state index contributed by atoms with van der Waals surface area (Å²) in [4.78, 5) is 2.30. The third-order valence-electron chi connectivity index (χ3n) is 5.62. The lowest BCUT2D eigenvalue weighted by Gasteiger charge is -2.57. The molecule has 0 aromatic heterocycles. The molecule has 2 nitrogen and oxygen atoms in total. The molecule has 0 atom stereocenters. The van der Waals surface area contributed by atoms with Gasteiger partial charge in [-0.25, -0.2) is 0 Å². The molecule has 0 aromatic rings. The van der Waals surface area contributed by atoms with Crippen molar-refractivity contribution in [3.8, 4) is 0 Å². The van der Waals surface area contributed by atoms with Crippen LogP contribution in [-0.2, 0) is 0 Å². The number of hydrogen-bond acceptors (Lipinski definition) is 1. The average molecular weight is 234 g/mol. The number of amidine groups is 1. The maximum Gasteiger partial charge on any atom is 0.102 e. The molecule has 0 aromatic carbocycles. The molecule has 1 N–H and O–H groups in total. The molecule has 0 saturated heterocycles. The SMILES string of the molecule is CCN(CC)C(=N)C12CC3CC(CC(C3)C1)C2. The predicted molar refractivity (Wildman–Crippen MR) is 71.3 cm³/mol. The Morgan fingerprint density at radius 3 is 1.76 bits per heavy atom. The first-order chi connectivity index (χ1) is 8.16. The van der Waals surface area contributed by atoms with Crippen molar-refractivity contribution in [2.24, 2.45) is 23.2 Å². The first kappa shape index (κ1) is 11.6. The highest BCUT2D eigenvalue weighted by atomic mass is 15.2. The lowest BCUT2D eigenvalue weighted by Crippen LogP contribution is -2.54. The van der Waals surface area contributed by atoms with Gasteiger partial charge in [-0.05, 0) is 70.1 Å². The molecule has 4 aliphatic carbocycles. The van der Waals surface area contributed by atoms with E-state index in [-0.39, 0.29) is 0 Å². The van der Waals surface area contributed by atoms with Crippen LogP contribution in [0.4, 0.5) is 0 Å². The highest BCUT2D eigenvalue weighted by molar-refractivity contribution is 5.86. The van der Waals surface area contributed by atoms with E-state index in [2.05, 4.69) is 18.7 Å². The molecule has 0 spiro atoms. The fraction of sp³-hybridized carbons (Fsp3) is 0.933. The Balaban J connectivity index is 1.84. The van der Waals surface area contributed by atoms with Crippen LogP contribution in [0.3, 0.4) is 0 Å². The monoisotopic (exact) mass is 234 g/mol. The smallest absolute Gasteiger partial charge is 0.102 e. The molecule has 4 aliphatic rings. The van der Waals surface area contributed by atoms with Crippen molar-refractivity contribution in [3.05, 3.63) is 0 Å². The molecule has 0 aliphatic heterocycles. The topological polar surface area (TPSA) is 27.1 Å². The van der Waals surface area contributed by atoms with Crippen LogP contribution in [0.1, 0.15) is 52.4 Å². The van der Waals surface area contributed by atoms with E-state index in [4.69, 9.17) is 5.41 Å². The van der Waals surface area contributed by atoms with Gasteiger partial charge >= 0.3 is 0 Å². The van der Waals surface area contributed by atoms with Crippen molar-refractivity contribution >= 4 is 5.84 Å². The summed E-state index contributed by atoms with van der Waals surface area (Å²) in [6.07, 6.45) is 8.41. The van der Waals surface area contributed by atoms with Gasteiger partial charge in [-0.2, -0.15) is 0 Å². The van der Waals surface area contributed by atoms with E-state index >= 15 is 0 Å². The summed E-state index contributed by atoms with van der Waals surface area (Å²) >= 11 is 0. The normalized spacial score (nSPS) is 42.8. The molecule has 4 saturated carbocycles. The zero-order valence-electron chi connectivity index (χ0n) is 11.3. The second kappa shape index (κ2) is 4.00. The van der Waals surface area contributed by atoms with Crippen LogP contribution in [-0.4, -0.2) is 23.8 Å². The summed E-state index contributed by atoms with van der Waals surface area (Å²) in [7, 11) is 0. The quantitative estimate of drug-likeness (QED) is 0.587. The summed E-state index contributed by atoms with van der Waals surface area (Å²) in [5.41, 5.74) is 0.292. The minimum Gasteiger partial charge on any atom is -0.361 e. The van der Waals surface area contributed by atoms with E-state index in [1.54, 1.807) is 0 Å². The van der Waals surface area contributed by atoms with Crippen LogP contribution in [0.15, 0.2) is 0 Å². The maximum atomic E-state index is 8.65. The van der Waals surface area contributed by atoms with Crippen molar-refractivity contribution in [1.82, 2.24) is 4.90 Å². The summed E-state index contributed by atoms with van der Waals surface area (Å²) in [6, 6.07) is 0. The predicted octanol–water partition coefficient (Wildman–Crippen LogP) is 3.52. The first-order valence-corrected chi connectivity index (χ1v) is 7.51. The van der Waals surface area contributed by atoms with Gasteiger partial charge in [0.15, 0.2) is 0 Å². The first-order valence-electron chi connectivity index (χ1n) is 7.51. The summed E-state index contributed by atoms with van der Waals surface area (Å²) in [5, 5.41) is 8.65. The third-order valence-corrected chi connectivity index (χ3v) is 5.62. The lowest BCUT2D eigenvalue weighted by atomic mass is 9.49. The fourth-order valence-corrected chi connectivity index (χ4v) is 5.28. The molecule has 0 unspecified atom stereocenters. The maximum absolute atomic E-state index is 8.65. The second-order valence-corrected chi connectivity index (χ2v) is 6.72. The molecule has 4 bridgehead atoms. The van der Waals surface area contributed by atoms with Gasteiger partial charge in [0.25, 0.3) is 0 Å². The van der Waals surface area contributed by atoms with E-state index < -0.39 is 0 Å². The minimum absolute atomic E-state index is 0.292. The van der Waals surface area contributed by atoms with Crippen LogP contribution in [0.5, 0.6) is 0 Å². The van der Waals surface area contributed by atoms with E-state index in [0.717, 1.165) is 36.7 Å². The Labute approximate surface area is 105 Å². The summed E-state index contributed by atoms with van der Waals surface area (Å²) in [5.74, 6) is 3.85. The van der Waals surface area contributed by atoms with Crippen LogP contribution >= 0.6 is 0 Å². The van der Waals surface area contributed by atoms with Gasteiger partial charge in [-0.1, -0.05) is 0 Å². The van der Waals surface area contributed by atoms with Crippen molar-refractivity contribution in [2.45, 2.75) is 52.4 Å². The Morgan fingerprint density at radius 1 is 1.00 bits per heavy atom. The Bertz CT molecular complexity index is 282. The third kappa shape index (κ3) is 1.71. The molecule has 0 heterocycles. The largest absolute Gasteiger partial charge is 0.361 e. The lowest BCUT2D eigenvalue weighted by molar-refractivity contribution is -0.0187. The van der Waals surface area contributed by atoms with E-state index in [0.29, 0.717) is 5.41 Å². The van der Waals surface area contributed by atoms with Gasteiger partial charge in [-0.15, -0.1) is 0 Å². The van der Waals surface area contributed by atoms with Crippen LogP contribution in [0.2, 0.25) is 0 Å². The summed E-state index contributed by atoms with van der Waals surface area (Å²) < 4.78 is 0. The standard InChI is InChI=1S/C15H26N2/c1-3-17(4-2)14(16)15-8-11-5-12(9-15)7-13(6-11)10-15/h11-13,16H,3-10H2,1-2H3. The van der Waals surface area contributed by atoms with Gasteiger partial charge in [0.1, 0.15) is 5.84 Å².